The number of hydrogen-bond donors (Lipinski definition) is 1. The minimum atomic E-state index is -0.517. The van der Waals surface area contributed by atoms with E-state index in [-0.39, 0.29) is 11.7 Å². The Bertz CT molecular complexity index is 427. The molecule has 0 aliphatic heterocycles. The van der Waals surface area contributed by atoms with E-state index in [1.165, 1.54) is 28.6 Å². The second-order valence-corrected chi connectivity index (χ2v) is 3.76. The van der Waals surface area contributed by atoms with Crippen molar-refractivity contribution < 1.29 is 9.72 Å². The third-order valence-corrected chi connectivity index (χ3v) is 2.55. The van der Waals surface area contributed by atoms with Gasteiger partial charge in [-0.15, -0.1) is 0 Å². The van der Waals surface area contributed by atoms with Crippen molar-refractivity contribution in [2.75, 3.05) is 20.1 Å². The molecule has 0 atom stereocenters. The first kappa shape index (κ1) is 13.2. The van der Waals surface area contributed by atoms with Crippen LogP contribution in [0.4, 0.5) is 5.82 Å². The van der Waals surface area contributed by atoms with E-state index >= 15 is 0 Å². The number of amides is 1. The Hall–Kier alpha value is -1.89. The molecule has 0 unspecified atom stereocenters. The van der Waals surface area contributed by atoms with Gasteiger partial charge in [0.25, 0.3) is 5.91 Å². The fourth-order valence-corrected chi connectivity index (χ4v) is 1.52. The van der Waals surface area contributed by atoms with E-state index in [4.69, 9.17) is 5.73 Å². The minimum Gasteiger partial charge on any atom is -0.358 e. The fourth-order valence-electron chi connectivity index (χ4n) is 1.52. The highest BCUT2D eigenvalue weighted by Crippen LogP contribution is 2.16. The van der Waals surface area contributed by atoms with E-state index in [1.807, 2.05) is 0 Å². The molecule has 7 nitrogen and oxygen atoms in total. The lowest BCUT2D eigenvalue weighted by atomic mass is 10.3. The number of hydrogen-bond acceptors (Lipinski definition) is 4. The number of carbonyl (C=O) groups is 1. The molecule has 0 saturated carbocycles. The van der Waals surface area contributed by atoms with E-state index in [2.05, 4.69) is 0 Å². The second-order valence-electron chi connectivity index (χ2n) is 3.76. The predicted molar refractivity (Wildman–Crippen MR) is 62.7 cm³/mol. The average Bonchev–Trinajstić information content (AvgIpc) is 2.67. The number of nitrogens with two attached hydrogens (primary N) is 1. The van der Waals surface area contributed by atoms with Gasteiger partial charge in [-0.25, -0.2) is 4.57 Å². The van der Waals surface area contributed by atoms with Crippen LogP contribution in [0.15, 0.2) is 12.1 Å². The summed E-state index contributed by atoms with van der Waals surface area (Å²) in [4.78, 5) is 23.6. The normalized spacial score (nSPS) is 10.3. The molecule has 17 heavy (non-hydrogen) atoms. The van der Waals surface area contributed by atoms with Gasteiger partial charge in [0.15, 0.2) is 5.69 Å². The molecule has 94 valence electrons. The average molecular weight is 240 g/mol. The number of carbonyl (C=O) groups excluding carboxylic acids is 1. The Balaban J connectivity index is 2.86. The first-order valence-corrected chi connectivity index (χ1v) is 5.24. The minimum absolute atomic E-state index is 0.0967. The summed E-state index contributed by atoms with van der Waals surface area (Å²) in [6.45, 7) is 1.04. The summed E-state index contributed by atoms with van der Waals surface area (Å²) in [5.74, 6) is -0.338. The summed E-state index contributed by atoms with van der Waals surface area (Å²) in [6.07, 6.45) is 0.703. The van der Waals surface area contributed by atoms with Gasteiger partial charge < -0.3 is 20.7 Å². The Morgan fingerprint density at radius 3 is 2.71 bits per heavy atom. The summed E-state index contributed by atoms with van der Waals surface area (Å²) < 4.78 is 1.28. The lowest BCUT2D eigenvalue weighted by molar-refractivity contribution is -0.391. The Labute approximate surface area is 99.0 Å². The van der Waals surface area contributed by atoms with Crippen LogP contribution in [0.3, 0.4) is 0 Å². The monoisotopic (exact) mass is 240 g/mol. The van der Waals surface area contributed by atoms with Gasteiger partial charge >= 0.3 is 5.82 Å². The van der Waals surface area contributed by atoms with Crippen molar-refractivity contribution in [2.24, 2.45) is 12.8 Å². The standard InChI is InChI=1S/C10H16N4O3/c1-12(7-3-6-11)10(15)8-4-5-9(13(8)2)14(16)17/h4-5H,3,6-7,11H2,1-2H3. The molecule has 0 aliphatic carbocycles. The third-order valence-electron chi connectivity index (χ3n) is 2.55. The Morgan fingerprint density at radius 2 is 2.24 bits per heavy atom. The zero-order valence-corrected chi connectivity index (χ0v) is 9.92. The van der Waals surface area contributed by atoms with Crippen LogP contribution in [0.5, 0.6) is 0 Å². The number of nitro groups is 1. The molecule has 7 heteroatoms. The van der Waals surface area contributed by atoms with E-state index in [0.717, 1.165) is 0 Å². The molecule has 0 radical (unpaired) electrons. The van der Waals surface area contributed by atoms with Gasteiger partial charge in [-0.05, 0) is 24.0 Å². The molecule has 2 N–H and O–H groups in total. The smallest absolute Gasteiger partial charge is 0.323 e. The van der Waals surface area contributed by atoms with Gasteiger partial charge in [0.1, 0.15) is 0 Å². The highest BCUT2D eigenvalue weighted by atomic mass is 16.6. The summed E-state index contributed by atoms with van der Waals surface area (Å²) in [5.41, 5.74) is 5.66. The van der Waals surface area contributed by atoms with Gasteiger partial charge in [0.05, 0.1) is 7.05 Å². The lowest BCUT2D eigenvalue weighted by Crippen LogP contribution is -2.30. The van der Waals surface area contributed by atoms with Crippen molar-refractivity contribution in [1.29, 1.82) is 0 Å². The van der Waals surface area contributed by atoms with Crippen LogP contribution >= 0.6 is 0 Å². The van der Waals surface area contributed by atoms with Crippen LogP contribution in [0.25, 0.3) is 0 Å². The van der Waals surface area contributed by atoms with Gasteiger partial charge in [-0.3, -0.25) is 4.79 Å². The SMILES string of the molecule is CN(CCCN)C(=O)c1ccc([N+](=O)[O-])n1C. The molecule has 1 aromatic heterocycles. The molecule has 0 bridgehead atoms. The van der Waals surface area contributed by atoms with Gasteiger partial charge in [-0.2, -0.15) is 0 Å². The highest BCUT2D eigenvalue weighted by molar-refractivity contribution is 5.93. The third kappa shape index (κ3) is 2.82. The van der Waals surface area contributed by atoms with Crippen molar-refractivity contribution in [1.82, 2.24) is 9.47 Å². The predicted octanol–water partition coefficient (Wildman–Crippen LogP) is 0.354. The van der Waals surface area contributed by atoms with Gasteiger partial charge in [0, 0.05) is 19.7 Å². The van der Waals surface area contributed by atoms with E-state index < -0.39 is 4.92 Å². The maximum absolute atomic E-state index is 11.9. The largest absolute Gasteiger partial charge is 0.358 e. The Kier molecular flexibility index (Phi) is 4.22. The molecule has 0 aliphatic rings. The summed E-state index contributed by atoms with van der Waals surface area (Å²) in [6, 6.07) is 2.78. The zero-order valence-electron chi connectivity index (χ0n) is 9.92. The van der Waals surface area contributed by atoms with Crippen LogP contribution in [0, 0.1) is 10.1 Å². The first-order chi connectivity index (χ1) is 7.99. The van der Waals surface area contributed by atoms with Crippen molar-refractivity contribution in [2.45, 2.75) is 6.42 Å². The van der Waals surface area contributed by atoms with Crippen LogP contribution in [0.1, 0.15) is 16.9 Å². The molecule has 0 aromatic carbocycles. The first-order valence-electron chi connectivity index (χ1n) is 5.24. The van der Waals surface area contributed by atoms with Crippen molar-refractivity contribution >= 4 is 11.7 Å². The quantitative estimate of drug-likeness (QED) is 0.593. The maximum atomic E-state index is 11.9. The van der Waals surface area contributed by atoms with Crippen molar-refractivity contribution in [3.05, 3.63) is 27.9 Å². The van der Waals surface area contributed by atoms with E-state index in [0.29, 0.717) is 25.2 Å². The van der Waals surface area contributed by atoms with Crippen molar-refractivity contribution in [3.8, 4) is 0 Å². The number of aromatic nitrogens is 1. The lowest BCUT2D eigenvalue weighted by Gasteiger charge is -2.15. The second kappa shape index (κ2) is 5.44. The van der Waals surface area contributed by atoms with Gasteiger partial charge in [-0.1, -0.05) is 0 Å². The molecule has 1 aromatic rings. The topological polar surface area (TPSA) is 94.4 Å². The van der Waals surface area contributed by atoms with Crippen LogP contribution < -0.4 is 5.73 Å². The molecule has 0 saturated heterocycles. The number of nitrogens with zero attached hydrogens (tertiary/aromatic N) is 3. The maximum Gasteiger partial charge on any atom is 0.323 e. The fraction of sp³-hybridized carbons (Fsp3) is 0.500. The molecular formula is C10H16N4O3. The summed E-state index contributed by atoms with van der Waals surface area (Å²) in [5, 5.41) is 10.6. The Morgan fingerprint density at radius 1 is 1.59 bits per heavy atom. The molecular weight excluding hydrogens is 224 g/mol. The zero-order chi connectivity index (χ0) is 13.0. The molecule has 1 rings (SSSR count). The van der Waals surface area contributed by atoms with Gasteiger partial charge in [0.2, 0.25) is 0 Å². The van der Waals surface area contributed by atoms with Crippen LogP contribution in [-0.2, 0) is 7.05 Å². The molecule has 0 fully saturated rings. The van der Waals surface area contributed by atoms with E-state index in [9.17, 15) is 14.9 Å². The highest BCUT2D eigenvalue weighted by Gasteiger charge is 2.22. The molecule has 0 spiro atoms. The summed E-state index contributed by atoms with van der Waals surface area (Å²) in [7, 11) is 3.15. The van der Waals surface area contributed by atoms with E-state index in [1.54, 1.807) is 7.05 Å². The molecule has 1 amide bonds. The van der Waals surface area contributed by atoms with Crippen LogP contribution in [0.2, 0.25) is 0 Å². The van der Waals surface area contributed by atoms with Crippen molar-refractivity contribution in [3.63, 3.8) is 0 Å². The number of rotatable bonds is 5. The summed E-state index contributed by atoms with van der Waals surface area (Å²) >= 11 is 0. The molecule has 1 heterocycles. The van der Waals surface area contributed by atoms with Crippen LogP contribution in [-0.4, -0.2) is 40.4 Å².